The first-order valence-corrected chi connectivity index (χ1v) is 12.2. The highest BCUT2D eigenvalue weighted by molar-refractivity contribution is 7.92. The van der Waals surface area contributed by atoms with E-state index in [2.05, 4.69) is 10.3 Å². The molecular formula is C22H24Cl2N2O4S. The van der Waals surface area contributed by atoms with Gasteiger partial charge in [-0.1, -0.05) is 41.4 Å². The van der Waals surface area contributed by atoms with Crippen LogP contribution in [0, 0.1) is 0 Å². The molecule has 1 N–H and O–H groups in total. The Kier molecular flexibility index (Phi) is 7.19. The van der Waals surface area contributed by atoms with Crippen LogP contribution >= 0.6 is 23.2 Å². The Morgan fingerprint density at radius 1 is 1.13 bits per heavy atom. The van der Waals surface area contributed by atoms with E-state index < -0.39 is 14.6 Å². The average Bonchev–Trinajstić information content (AvgIpc) is 2.74. The zero-order valence-electron chi connectivity index (χ0n) is 17.5. The Hall–Kier alpha value is -2.22. The van der Waals surface area contributed by atoms with Crippen molar-refractivity contribution >= 4 is 38.7 Å². The molecule has 1 unspecified atom stereocenters. The number of benzene rings is 1. The van der Waals surface area contributed by atoms with Crippen LogP contribution in [0.25, 0.3) is 0 Å². The number of allylic oxidation sites excluding steroid dienone is 1. The molecule has 1 heterocycles. The van der Waals surface area contributed by atoms with Crippen LogP contribution in [-0.4, -0.2) is 45.2 Å². The summed E-state index contributed by atoms with van der Waals surface area (Å²) >= 11 is 12.5. The third kappa shape index (κ3) is 5.17. The van der Waals surface area contributed by atoms with Crippen LogP contribution in [0.4, 0.5) is 5.69 Å². The lowest BCUT2D eigenvalue weighted by Crippen LogP contribution is -2.39. The first kappa shape index (κ1) is 23.4. The van der Waals surface area contributed by atoms with Crippen LogP contribution in [0.2, 0.25) is 10.0 Å². The second kappa shape index (κ2) is 9.51. The highest BCUT2D eigenvalue weighted by Crippen LogP contribution is 2.37. The number of ether oxygens (including phenoxy) is 2. The van der Waals surface area contributed by atoms with E-state index in [0.717, 1.165) is 11.3 Å². The molecule has 31 heavy (non-hydrogen) atoms. The summed E-state index contributed by atoms with van der Waals surface area (Å²) < 4.78 is 34.9. The van der Waals surface area contributed by atoms with E-state index >= 15 is 0 Å². The Bertz CT molecular complexity index is 1110. The average molecular weight is 483 g/mol. The first-order valence-electron chi connectivity index (χ1n) is 9.51. The first-order chi connectivity index (χ1) is 14.7. The molecule has 0 spiro atoms. The van der Waals surface area contributed by atoms with E-state index in [1.54, 1.807) is 20.3 Å². The van der Waals surface area contributed by atoms with Crippen molar-refractivity contribution in [2.45, 2.75) is 17.6 Å². The Morgan fingerprint density at radius 2 is 1.81 bits per heavy atom. The molecule has 0 saturated carbocycles. The molecule has 1 aliphatic carbocycles. The monoisotopic (exact) mass is 482 g/mol. The van der Waals surface area contributed by atoms with Gasteiger partial charge in [0.25, 0.3) is 0 Å². The number of methoxy groups -OCH3 is 2. The van der Waals surface area contributed by atoms with Gasteiger partial charge in [0.15, 0.2) is 21.3 Å². The normalized spacial score (nSPS) is 18.4. The zero-order chi connectivity index (χ0) is 22.6. The highest BCUT2D eigenvalue weighted by Gasteiger charge is 2.40. The maximum absolute atomic E-state index is 12.7. The molecular weight excluding hydrogens is 459 g/mol. The van der Waals surface area contributed by atoms with Gasteiger partial charge in [0.1, 0.15) is 0 Å². The summed E-state index contributed by atoms with van der Waals surface area (Å²) in [4.78, 5) is 3.94. The van der Waals surface area contributed by atoms with E-state index in [1.165, 1.54) is 18.6 Å². The fourth-order valence-corrected chi connectivity index (χ4v) is 5.03. The molecule has 1 aliphatic rings. The van der Waals surface area contributed by atoms with Crippen molar-refractivity contribution in [1.29, 1.82) is 0 Å². The molecule has 0 fully saturated rings. The van der Waals surface area contributed by atoms with Crippen molar-refractivity contribution in [3.05, 3.63) is 70.0 Å². The molecule has 9 heteroatoms. The molecule has 166 valence electrons. The second-order valence-corrected chi connectivity index (χ2v) is 10.5. The largest absolute Gasteiger partial charge is 0.493 e. The minimum absolute atomic E-state index is 0.176. The quantitative estimate of drug-likeness (QED) is 0.585. The zero-order valence-corrected chi connectivity index (χ0v) is 19.8. The molecule has 6 nitrogen and oxygen atoms in total. The summed E-state index contributed by atoms with van der Waals surface area (Å²) in [5.74, 6) is 1.28. The van der Waals surface area contributed by atoms with E-state index in [-0.39, 0.29) is 6.42 Å². The van der Waals surface area contributed by atoms with Gasteiger partial charge in [0.2, 0.25) is 0 Å². The molecule has 0 amide bonds. The SMILES string of the molecule is COc1ccc(NCC2=CCC(Cc3c(Cl)cncc3Cl)(S(C)(=O)=O)C=C2)cc1OC. The van der Waals surface area contributed by atoms with Crippen molar-refractivity contribution in [3.63, 3.8) is 0 Å². The van der Waals surface area contributed by atoms with Gasteiger partial charge < -0.3 is 14.8 Å². The van der Waals surface area contributed by atoms with Gasteiger partial charge in [-0.15, -0.1) is 0 Å². The van der Waals surface area contributed by atoms with E-state index in [9.17, 15) is 8.42 Å². The standard InChI is InChI=1S/C22H24Cl2N2O4S/c1-29-20-5-4-16(10-21(20)30-2)26-12-15-6-8-22(9-7-15,31(3,27)28)11-17-18(23)13-25-14-19(17)24/h4-8,10,13-14,26H,9,11-12H2,1-3H3. The Balaban J connectivity index is 1.76. The van der Waals surface area contributed by atoms with E-state index in [1.807, 2.05) is 30.4 Å². The maximum Gasteiger partial charge on any atom is 0.162 e. The number of aromatic nitrogens is 1. The van der Waals surface area contributed by atoms with Gasteiger partial charge in [-0.2, -0.15) is 0 Å². The number of anilines is 1. The minimum atomic E-state index is -3.45. The summed E-state index contributed by atoms with van der Waals surface area (Å²) in [6, 6.07) is 5.56. The summed E-state index contributed by atoms with van der Waals surface area (Å²) in [5.41, 5.74) is 2.41. The summed E-state index contributed by atoms with van der Waals surface area (Å²) in [7, 11) is -0.277. The van der Waals surface area contributed by atoms with Gasteiger partial charge in [-0.25, -0.2) is 8.42 Å². The molecule has 0 bridgehead atoms. The number of nitrogens with zero attached hydrogens (tertiary/aromatic N) is 1. The van der Waals surface area contributed by atoms with Crippen molar-refractivity contribution < 1.29 is 17.9 Å². The van der Waals surface area contributed by atoms with Crippen LogP contribution in [0.3, 0.4) is 0 Å². The predicted octanol–water partition coefficient (Wildman–Crippen LogP) is 4.73. The number of pyridine rings is 1. The number of nitrogens with one attached hydrogen (secondary N) is 1. The third-order valence-electron chi connectivity index (χ3n) is 5.36. The molecule has 1 atom stereocenters. The second-order valence-electron chi connectivity index (χ2n) is 7.34. The lowest BCUT2D eigenvalue weighted by atomic mass is 9.90. The highest BCUT2D eigenvalue weighted by atomic mass is 35.5. The number of hydrogen-bond acceptors (Lipinski definition) is 6. The van der Waals surface area contributed by atoms with Crippen LogP contribution in [0.1, 0.15) is 12.0 Å². The maximum atomic E-state index is 12.7. The summed E-state index contributed by atoms with van der Waals surface area (Å²) in [6.07, 6.45) is 10.2. The van der Waals surface area contributed by atoms with Crippen LogP contribution in [-0.2, 0) is 16.3 Å². The predicted molar refractivity (Wildman–Crippen MR) is 125 cm³/mol. The Morgan fingerprint density at radius 3 is 2.35 bits per heavy atom. The lowest BCUT2D eigenvalue weighted by Gasteiger charge is -2.31. The molecule has 0 aliphatic heterocycles. The lowest BCUT2D eigenvalue weighted by molar-refractivity contribution is 0.355. The summed E-state index contributed by atoms with van der Waals surface area (Å²) in [6.45, 7) is 0.530. The molecule has 3 rings (SSSR count). The van der Waals surface area contributed by atoms with E-state index in [4.69, 9.17) is 32.7 Å². The van der Waals surface area contributed by atoms with Crippen molar-refractivity contribution in [2.75, 3.05) is 32.3 Å². The fourth-order valence-electron chi connectivity index (χ4n) is 3.42. The van der Waals surface area contributed by atoms with Crippen molar-refractivity contribution in [2.24, 2.45) is 0 Å². The topological polar surface area (TPSA) is 77.5 Å². The number of sulfone groups is 1. The smallest absolute Gasteiger partial charge is 0.162 e. The van der Waals surface area contributed by atoms with Crippen LogP contribution in [0.15, 0.2) is 54.4 Å². The fraction of sp³-hybridized carbons (Fsp3) is 0.318. The van der Waals surface area contributed by atoms with E-state index in [0.29, 0.717) is 40.1 Å². The van der Waals surface area contributed by atoms with Crippen molar-refractivity contribution in [3.8, 4) is 11.5 Å². The van der Waals surface area contributed by atoms with Gasteiger partial charge in [0.05, 0.1) is 29.0 Å². The number of hydrogen-bond donors (Lipinski definition) is 1. The Labute approximate surface area is 192 Å². The van der Waals surface area contributed by atoms with Crippen LogP contribution < -0.4 is 14.8 Å². The van der Waals surface area contributed by atoms with Gasteiger partial charge >= 0.3 is 0 Å². The minimum Gasteiger partial charge on any atom is -0.493 e. The number of halogens is 2. The van der Waals surface area contributed by atoms with Crippen molar-refractivity contribution in [1.82, 2.24) is 4.98 Å². The van der Waals surface area contributed by atoms with Gasteiger partial charge in [-0.3, -0.25) is 4.98 Å². The van der Waals surface area contributed by atoms with Crippen LogP contribution in [0.5, 0.6) is 11.5 Å². The number of rotatable bonds is 8. The molecule has 1 aromatic carbocycles. The summed E-state index contributed by atoms with van der Waals surface area (Å²) in [5, 5.41) is 4.03. The molecule has 0 radical (unpaired) electrons. The molecule has 0 saturated heterocycles. The molecule has 1 aromatic heterocycles. The van der Waals surface area contributed by atoms with Gasteiger partial charge in [0, 0.05) is 36.9 Å². The third-order valence-corrected chi connectivity index (χ3v) is 7.93. The molecule has 2 aromatic rings. The van der Waals surface area contributed by atoms with Gasteiger partial charge in [-0.05, 0) is 36.1 Å².